The van der Waals surface area contributed by atoms with Gasteiger partial charge in [0.15, 0.2) is 0 Å². The Kier molecular flexibility index (Phi) is 4.78. The molecule has 112 valence electrons. The molecule has 0 radical (unpaired) electrons. The van der Waals surface area contributed by atoms with Crippen LogP contribution in [0.4, 0.5) is 4.39 Å². The van der Waals surface area contributed by atoms with Gasteiger partial charge in [-0.15, -0.1) is 0 Å². The molecule has 1 aromatic carbocycles. The molecule has 0 aliphatic carbocycles. The molecule has 1 aliphatic rings. The Bertz CT molecular complexity index is 545. The van der Waals surface area contributed by atoms with Crippen molar-refractivity contribution in [1.29, 1.82) is 0 Å². The zero-order chi connectivity index (χ0) is 14.8. The highest BCUT2D eigenvalue weighted by Gasteiger charge is 2.35. The summed E-state index contributed by atoms with van der Waals surface area (Å²) in [4.78, 5) is 0.132. The van der Waals surface area contributed by atoms with Crippen molar-refractivity contribution in [3.63, 3.8) is 0 Å². The van der Waals surface area contributed by atoms with Crippen molar-refractivity contribution in [3.05, 3.63) is 30.1 Å². The molecule has 0 amide bonds. The number of nitrogens with two attached hydrogens (primary N) is 1. The summed E-state index contributed by atoms with van der Waals surface area (Å²) in [6.07, 6.45) is 2.70. The van der Waals surface area contributed by atoms with Crippen LogP contribution in [0, 0.1) is 11.7 Å². The summed E-state index contributed by atoms with van der Waals surface area (Å²) in [5, 5.41) is 0. The summed E-state index contributed by atoms with van der Waals surface area (Å²) in [6, 6.07) is 4.80. The Hall–Kier alpha value is -0.980. The normalized spacial score (nSPS) is 24.8. The van der Waals surface area contributed by atoms with Gasteiger partial charge in [0.2, 0.25) is 10.0 Å². The fraction of sp³-hybridized carbons (Fsp3) is 0.571. The third kappa shape index (κ3) is 3.02. The SMILES string of the molecule is CCC1CCN(S(=O)(=O)c2ccc(F)cc2)C(CN)C1. The second-order valence-electron chi connectivity index (χ2n) is 5.26. The van der Waals surface area contributed by atoms with Crippen molar-refractivity contribution in [2.24, 2.45) is 11.7 Å². The molecule has 2 unspecified atom stereocenters. The van der Waals surface area contributed by atoms with Gasteiger partial charge in [0.1, 0.15) is 5.82 Å². The van der Waals surface area contributed by atoms with Crippen LogP contribution in [0.2, 0.25) is 0 Å². The Morgan fingerprint density at radius 2 is 2.00 bits per heavy atom. The molecule has 2 N–H and O–H groups in total. The molecule has 0 spiro atoms. The molecule has 1 aromatic rings. The van der Waals surface area contributed by atoms with E-state index >= 15 is 0 Å². The van der Waals surface area contributed by atoms with Gasteiger partial charge in [-0.3, -0.25) is 0 Å². The van der Waals surface area contributed by atoms with Crippen molar-refractivity contribution in [2.45, 2.75) is 37.1 Å². The smallest absolute Gasteiger partial charge is 0.243 e. The molecule has 2 atom stereocenters. The predicted octanol–water partition coefficient (Wildman–Crippen LogP) is 1.96. The lowest BCUT2D eigenvalue weighted by atomic mass is 9.90. The first-order valence-electron chi connectivity index (χ1n) is 6.96. The van der Waals surface area contributed by atoms with E-state index in [-0.39, 0.29) is 10.9 Å². The summed E-state index contributed by atoms with van der Waals surface area (Å²) in [5.74, 6) is 0.0900. The zero-order valence-corrected chi connectivity index (χ0v) is 12.4. The fourth-order valence-corrected chi connectivity index (χ4v) is 4.42. The molecular formula is C14H21FN2O2S. The second-order valence-corrected chi connectivity index (χ2v) is 7.15. The summed E-state index contributed by atoms with van der Waals surface area (Å²) in [6.45, 7) is 2.92. The van der Waals surface area contributed by atoms with Crippen molar-refractivity contribution < 1.29 is 12.8 Å². The zero-order valence-electron chi connectivity index (χ0n) is 11.6. The standard InChI is InChI=1S/C14H21FN2O2S/c1-2-11-7-8-17(13(9-11)10-16)20(18,19)14-5-3-12(15)4-6-14/h3-6,11,13H,2,7-10,16H2,1H3. The van der Waals surface area contributed by atoms with E-state index in [0.717, 1.165) is 19.3 Å². The number of hydrogen-bond donors (Lipinski definition) is 1. The lowest BCUT2D eigenvalue weighted by molar-refractivity contribution is 0.197. The Labute approximate surface area is 119 Å². The molecule has 1 saturated heterocycles. The maximum absolute atomic E-state index is 12.9. The third-order valence-corrected chi connectivity index (χ3v) is 6.01. The predicted molar refractivity (Wildman–Crippen MR) is 76.1 cm³/mol. The topological polar surface area (TPSA) is 63.4 Å². The van der Waals surface area contributed by atoms with E-state index in [4.69, 9.17) is 5.73 Å². The largest absolute Gasteiger partial charge is 0.329 e. The fourth-order valence-electron chi connectivity index (χ4n) is 2.76. The monoisotopic (exact) mass is 300 g/mol. The van der Waals surface area contributed by atoms with Gasteiger partial charge >= 0.3 is 0 Å². The average Bonchev–Trinajstić information content (AvgIpc) is 2.46. The molecule has 6 heteroatoms. The van der Waals surface area contributed by atoms with Crippen LogP contribution in [0.3, 0.4) is 0 Å². The van der Waals surface area contributed by atoms with Gasteiger partial charge in [0.25, 0.3) is 0 Å². The highest BCUT2D eigenvalue weighted by atomic mass is 32.2. The molecule has 0 aromatic heterocycles. The van der Waals surface area contributed by atoms with Gasteiger partial charge in [0, 0.05) is 19.1 Å². The summed E-state index contributed by atoms with van der Waals surface area (Å²) in [7, 11) is -3.59. The van der Waals surface area contributed by atoms with Gasteiger partial charge in [-0.25, -0.2) is 12.8 Å². The Morgan fingerprint density at radius 3 is 2.55 bits per heavy atom. The highest BCUT2D eigenvalue weighted by molar-refractivity contribution is 7.89. The lowest BCUT2D eigenvalue weighted by Crippen LogP contribution is -2.49. The number of hydrogen-bond acceptors (Lipinski definition) is 3. The van der Waals surface area contributed by atoms with Crippen LogP contribution < -0.4 is 5.73 Å². The van der Waals surface area contributed by atoms with Crippen LogP contribution in [0.15, 0.2) is 29.2 Å². The molecule has 1 heterocycles. The van der Waals surface area contributed by atoms with E-state index in [2.05, 4.69) is 6.92 Å². The Balaban J connectivity index is 2.26. The third-order valence-electron chi connectivity index (χ3n) is 4.04. The maximum atomic E-state index is 12.9. The molecular weight excluding hydrogens is 279 g/mol. The van der Waals surface area contributed by atoms with Crippen LogP contribution in [-0.2, 0) is 10.0 Å². The van der Waals surface area contributed by atoms with Crippen molar-refractivity contribution in [2.75, 3.05) is 13.1 Å². The minimum atomic E-state index is -3.59. The van der Waals surface area contributed by atoms with Gasteiger partial charge < -0.3 is 5.73 Å². The second kappa shape index (κ2) is 6.20. The number of rotatable bonds is 4. The van der Waals surface area contributed by atoms with Crippen molar-refractivity contribution in [1.82, 2.24) is 4.31 Å². The van der Waals surface area contributed by atoms with Crippen LogP contribution in [0.25, 0.3) is 0 Å². The minimum Gasteiger partial charge on any atom is -0.329 e. The van der Waals surface area contributed by atoms with Crippen LogP contribution in [-0.4, -0.2) is 31.9 Å². The molecule has 0 saturated carbocycles. The van der Waals surface area contributed by atoms with Gasteiger partial charge in [-0.05, 0) is 43.0 Å². The van der Waals surface area contributed by atoms with E-state index in [1.165, 1.54) is 28.6 Å². The van der Waals surface area contributed by atoms with Crippen LogP contribution in [0.5, 0.6) is 0 Å². The Morgan fingerprint density at radius 1 is 1.35 bits per heavy atom. The minimum absolute atomic E-state index is 0.132. The lowest BCUT2D eigenvalue weighted by Gasteiger charge is -2.37. The molecule has 1 fully saturated rings. The maximum Gasteiger partial charge on any atom is 0.243 e. The highest BCUT2D eigenvalue weighted by Crippen LogP contribution is 2.29. The first-order chi connectivity index (χ1) is 9.48. The number of piperidine rings is 1. The van der Waals surface area contributed by atoms with Gasteiger partial charge in [-0.1, -0.05) is 13.3 Å². The van der Waals surface area contributed by atoms with E-state index < -0.39 is 15.8 Å². The van der Waals surface area contributed by atoms with Gasteiger partial charge in [0.05, 0.1) is 4.90 Å². The first-order valence-corrected chi connectivity index (χ1v) is 8.40. The number of nitrogens with zero attached hydrogens (tertiary/aromatic N) is 1. The average molecular weight is 300 g/mol. The molecule has 1 aliphatic heterocycles. The van der Waals surface area contributed by atoms with Gasteiger partial charge in [-0.2, -0.15) is 4.31 Å². The summed E-state index contributed by atoms with van der Waals surface area (Å²) >= 11 is 0. The number of sulfonamides is 1. The summed E-state index contributed by atoms with van der Waals surface area (Å²) < 4.78 is 39.6. The van der Waals surface area contributed by atoms with E-state index in [9.17, 15) is 12.8 Å². The molecule has 4 nitrogen and oxygen atoms in total. The quantitative estimate of drug-likeness (QED) is 0.924. The van der Waals surface area contributed by atoms with Crippen LogP contribution in [0.1, 0.15) is 26.2 Å². The van der Waals surface area contributed by atoms with E-state index in [1.54, 1.807) is 0 Å². The van der Waals surface area contributed by atoms with Crippen LogP contribution >= 0.6 is 0 Å². The number of halogens is 1. The first kappa shape index (κ1) is 15.4. The molecule has 2 rings (SSSR count). The van der Waals surface area contributed by atoms with E-state index in [0.29, 0.717) is 19.0 Å². The molecule has 0 bridgehead atoms. The molecule has 20 heavy (non-hydrogen) atoms. The summed E-state index contributed by atoms with van der Waals surface area (Å²) in [5.41, 5.74) is 5.74. The van der Waals surface area contributed by atoms with Crippen molar-refractivity contribution in [3.8, 4) is 0 Å². The van der Waals surface area contributed by atoms with E-state index in [1.807, 2.05) is 0 Å². The van der Waals surface area contributed by atoms with Crippen molar-refractivity contribution >= 4 is 10.0 Å². The number of benzene rings is 1.